The summed E-state index contributed by atoms with van der Waals surface area (Å²) in [6, 6.07) is 8.69. The van der Waals surface area contributed by atoms with E-state index < -0.39 is 0 Å². The van der Waals surface area contributed by atoms with Gasteiger partial charge in [0.1, 0.15) is 17.2 Å². The van der Waals surface area contributed by atoms with Crippen LogP contribution in [0, 0.1) is 36.5 Å². The Labute approximate surface area is 207 Å². The Morgan fingerprint density at radius 1 is 0.848 bits per heavy atom. The molecule has 176 valence electrons. The van der Waals surface area contributed by atoms with Gasteiger partial charge in [0.2, 0.25) is 0 Å². The third kappa shape index (κ3) is 2.78. The molecule has 0 aromatic heterocycles. The number of rotatable bonds is 4. The summed E-state index contributed by atoms with van der Waals surface area (Å²) in [6.45, 7) is 13.9. The van der Waals surface area contributed by atoms with E-state index in [1.54, 1.807) is 0 Å². The lowest BCUT2D eigenvalue weighted by molar-refractivity contribution is 0.297. The topological polar surface area (TPSA) is 29.5 Å². The van der Waals surface area contributed by atoms with E-state index in [0.717, 1.165) is 50.9 Å². The standard InChI is InChI=1S/C30H37BrO2/c1-17-11-24(32)22(28(4)10-8-20-16-30(20,28)6)14-25(17)33-26-13-21(12-23(31)18(26)2)27(3)9-7-19-15-29(19,27)5/h11-14,19-20,32H,7-10,15-16H2,1-6H3/t19-,20-,27+,28+,29+,30+/m1/s1. The maximum Gasteiger partial charge on any atom is 0.131 e. The van der Waals surface area contributed by atoms with E-state index in [9.17, 15) is 5.11 Å². The summed E-state index contributed by atoms with van der Waals surface area (Å²) in [5.74, 6) is 3.92. The van der Waals surface area contributed by atoms with E-state index >= 15 is 0 Å². The van der Waals surface area contributed by atoms with E-state index in [1.807, 2.05) is 13.0 Å². The molecular formula is C30H37BrO2. The SMILES string of the molecule is Cc1cc(O)c([C@]2(C)CC[C@@H]3C[C@@]32C)cc1Oc1cc([C@]2(C)CC[C@@H]3C[C@@]32C)cc(Br)c1C. The van der Waals surface area contributed by atoms with Crippen molar-refractivity contribution in [3.63, 3.8) is 0 Å². The van der Waals surface area contributed by atoms with Crippen LogP contribution in [0.25, 0.3) is 0 Å². The molecule has 6 rings (SSSR count). The monoisotopic (exact) mass is 508 g/mol. The summed E-state index contributed by atoms with van der Waals surface area (Å²) < 4.78 is 7.81. The highest BCUT2D eigenvalue weighted by atomic mass is 79.9. The van der Waals surface area contributed by atoms with Gasteiger partial charge in [-0.2, -0.15) is 0 Å². The third-order valence-corrected chi connectivity index (χ3v) is 12.2. The van der Waals surface area contributed by atoms with Gasteiger partial charge < -0.3 is 9.84 Å². The smallest absolute Gasteiger partial charge is 0.131 e. The van der Waals surface area contributed by atoms with Gasteiger partial charge in [0, 0.05) is 21.0 Å². The first-order chi connectivity index (χ1) is 15.4. The molecule has 0 aliphatic heterocycles. The molecule has 2 aromatic rings. The van der Waals surface area contributed by atoms with Gasteiger partial charge in [0.05, 0.1) is 0 Å². The second kappa shape index (κ2) is 6.59. The zero-order chi connectivity index (χ0) is 23.6. The normalized spacial score (nSPS) is 40.5. The van der Waals surface area contributed by atoms with Crippen molar-refractivity contribution in [1.82, 2.24) is 0 Å². The van der Waals surface area contributed by atoms with Gasteiger partial charge >= 0.3 is 0 Å². The molecule has 0 heterocycles. The molecule has 0 radical (unpaired) electrons. The van der Waals surface area contributed by atoms with E-state index in [0.29, 0.717) is 16.6 Å². The fraction of sp³-hybridized carbons (Fsp3) is 0.600. The lowest BCUT2D eigenvalue weighted by Gasteiger charge is -2.35. The minimum atomic E-state index is 0.0118. The molecule has 4 saturated carbocycles. The van der Waals surface area contributed by atoms with Gasteiger partial charge in [-0.3, -0.25) is 0 Å². The number of phenolic OH excluding ortho intramolecular Hbond substituents is 1. The van der Waals surface area contributed by atoms with Crippen molar-refractivity contribution in [3.05, 3.63) is 51.0 Å². The first-order valence-electron chi connectivity index (χ1n) is 12.8. The number of hydrogen-bond acceptors (Lipinski definition) is 2. The van der Waals surface area contributed by atoms with Gasteiger partial charge in [-0.1, -0.05) is 43.6 Å². The lowest BCUT2D eigenvalue weighted by atomic mass is 9.70. The molecule has 6 atom stereocenters. The number of aromatic hydroxyl groups is 1. The van der Waals surface area contributed by atoms with Crippen LogP contribution in [0.2, 0.25) is 0 Å². The van der Waals surface area contributed by atoms with Crippen molar-refractivity contribution in [1.29, 1.82) is 0 Å². The summed E-state index contributed by atoms with van der Waals surface area (Å²) >= 11 is 3.84. The minimum Gasteiger partial charge on any atom is -0.508 e. The molecular weight excluding hydrogens is 472 g/mol. The van der Waals surface area contributed by atoms with Gasteiger partial charge in [-0.05, 0) is 116 Å². The highest BCUT2D eigenvalue weighted by Gasteiger charge is 2.67. The van der Waals surface area contributed by atoms with Crippen LogP contribution in [0.3, 0.4) is 0 Å². The van der Waals surface area contributed by atoms with Gasteiger partial charge in [0.15, 0.2) is 0 Å². The van der Waals surface area contributed by atoms with E-state index in [1.165, 1.54) is 37.7 Å². The highest BCUT2D eigenvalue weighted by molar-refractivity contribution is 9.10. The second-order valence-electron chi connectivity index (χ2n) is 12.7. The second-order valence-corrected chi connectivity index (χ2v) is 13.6. The third-order valence-electron chi connectivity index (χ3n) is 11.4. The fourth-order valence-electron chi connectivity index (χ4n) is 7.93. The first kappa shape index (κ1) is 22.0. The summed E-state index contributed by atoms with van der Waals surface area (Å²) in [7, 11) is 0. The van der Waals surface area contributed by atoms with Crippen LogP contribution in [0.5, 0.6) is 17.2 Å². The van der Waals surface area contributed by atoms with Crippen LogP contribution < -0.4 is 4.74 Å². The average molecular weight is 510 g/mol. The molecule has 1 N–H and O–H groups in total. The first-order valence-corrected chi connectivity index (χ1v) is 13.5. The Kier molecular flexibility index (Phi) is 4.40. The molecule has 0 spiro atoms. The number of benzene rings is 2. The fourth-order valence-corrected chi connectivity index (χ4v) is 8.38. The molecule has 2 aromatic carbocycles. The lowest BCUT2D eigenvalue weighted by Crippen LogP contribution is -2.29. The predicted molar refractivity (Wildman–Crippen MR) is 137 cm³/mol. The number of halogens is 1. The molecule has 0 bridgehead atoms. The highest BCUT2D eigenvalue weighted by Crippen LogP contribution is 2.74. The van der Waals surface area contributed by atoms with Crippen LogP contribution in [-0.4, -0.2) is 5.11 Å². The van der Waals surface area contributed by atoms with Gasteiger partial charge in [-0.15, -0.1) is 0 Å². The number of aryl methyl sites for hydroxylation is 1. The van der Waals surface area contributed by atoms with Crippen molar-refractivity contribution >= 4 is 15.9 Å². The zero-order valence-electron chi connectivity index (χ0n) is 20.9. The van der Waals surface area contributed by atoms with Crippen molar-refractivity contribution in [3.8, 4) is 17.2 Å². The van der Waals surface area contributed by atoms with Gasteiger partial charge in [0.25, 0.3) is 0 Å². The summed E-state index contributed by atoms with van der Waals surface area (Å²) in [6.07, 6.45) is 7.63. The predicted octanol–water partition coefficient (Wildman–Crippen LogP) is 8.72. The molecule has 0 amide bonds. The van der Waals surface area contributed by atoms with Crippen LogP contribution in [0.4, 0.5) is 0 Å². The van der Waals surface area contributed by atoms with Crippen LogP contribution in [0.15, 0.2) is 28.7 Å². The molecule has 2 nitrogen and oxygen atoms in total. The Morgan fingerprint density at radius 3 is 2.00 bits per heavy atom. The van der Waals surface area contributed by atoms with E-state index in [4.69, 9.17) is 4.74 Å². The van der Waals surface area contributed by atoms with E-state index in [-0.39, 0.29) is 10.8 Å². The van der Waals surface area contributed by atoms with Crippen molar-refractivity contribution < 1.29 is 9.84 Å². The quantitative estimate of drug-likeness (QED) is 0.447. The van der Waals surface area contributed by atoms with Crippen molar-refractivity contribution in [2.24, 2.45) is 22.7 Å². The van der Waals surface area contributed by atoms with Crippen LogP contribution >= 0.6 is 15.9 Å². The summed E-state index contributed by atoms with van der Waals surface area (Å²) in [4.78, 5) is 0. The number of phenols is 1. The molecule has 4 fully saturated rings. The minimum absolute atomic E-state index is 0.0118. The number of fused-ring (bicyclic) bond motifs is 2. The molecule has 4 aliphatic rings. The number of ether oxygens (including phenoxy) is 1. The van der Waals surface area contributed by atoms with E-state index in [2.05, 4.69) is 68.7 Å². The van der Waals surface area contributed by atoms with Crippen LogP contribution in [-0.2, 0) is 10.8 Å². The average Bonchev–Trinajstić information content (AvgIpc) is 3.59. The number of hydrogen-bond donors (Lipinski definition) is 1. The largest absolute Gasteiger partial charge is 0.508 e. The summed E-state index contributed by atoms with van der Waals surface area (Å²) in [5, 5.41) is 11.0. The van der Waals surface area contributed by atoms with Crippen molar-refractivity contribution in [2.75, 3.05) is 0 Å². The molecule has 33 heavy (non-hydrogen) atoms. The maximum atomic E-state index is 11.0. The Hall–Kier alpha value is -1.48. The molecule has 3 heteroatoms. The van der Waals surface area contributed by atoms with Gasteiger partial charge in [-0.25, -0.2) is 0 Å². The summed E-state index contributed by atoms with van der Waals surface area (Å²) in [5.41, 5.74) is 5.52. The molecule has 0 saturated heterocycles. The Balaban J connectivity index is 1.40. The van der Waals surface area contributed by atoms with Crippen LogP contribution in [0.1, 0.15) is 88.5 Å². The molecule has 4 aliphatic carbocycles. The maximum absolute atomic E-state index is 11.0. The Morgan fingerprint density at radius 2 is 1.45 bits per heavy atom. The van der Waals surface area contributed by atoms with Crippen molar-refractivity contribution in [2.45, 2.75) is 90.9 Å². The Bertz CT molecular complexity index is 1180. The zero-order valence-corrected chi connectivity index (χ0v) is 22.5. The molecule has 0 unspecified atom stereocenters.